The molecule has 0 spiro atoms. The number of aryl methyl sites for hydroxylation is 1. The van der Waals surface area contributed by atoms with Gasteiger partial charge in [0.1, 0.15) is 11.9 Å². The second-order valence-electron chi connectivity index (χ2n) is 7.65. The number of carbonyl (C=O) groups is 2. The Labute approximate surface area is 165 Å². The van der Waals surface area contributed by atoms with Crippen LogP contribution in [0.5, 0.6) is 5.75 Å². The van der Waals surface area contributed by atoms with Crippen molar-refractivity contribution < 1.29 is 14.3 Å². The molecule has 2 saturated heterocycles. The van der Waals surface area contributed by atoms with Gasteiger partial charge in [-0.05, 0) is 50.1 Å². The number of benzene rings is 1. The van der Waals surface area contributed by atoms with Crippen LogP contribution in [0, 0.1) is 6.92 Å². The molecule has 2 aromatic rings. The smallest absolute Gasteiger partial charge is 0.255 e. The number of rotatable bonds is 4. The van der Waals surface area contributed by atoms with Crippen molar-refractivity contribution in [3.63, 3.8) is 0 Å². The van der Waals surface area contributed by atoms with Gasteiger partial charge in [-0.25, -0.2) is 0 Å². The van der Waals surface area contributed by atoms with E-state index in [9.17, 15) is 9.59 Å². The quantitative estimate of drug-likeness (QED) is 0.884. The predicted octanol–water partition coefficient (Wildman–Crippen LogP) is 3.24. The van der Waals surface area contributed by atoms with E-state index in [1.807, 2.05) is 47.1 Å². The fourth-order valence-corrected chi connectivity index (χ4v) is 4.00. The second kappa shape index (κ2) is 8.09. The summed E-state index contributed by atoms with van der Waals surface area (Å²) in [5, 5.41) is 0. The largest absolute Gasteiger partial charge is 0.490 e. The molecule has 1 aromatic heterocycles. The summed E-state index contributed by atoms with van der Waals surface area (Å²) in [5.41, 5.74) is 2.38. The number of aromatic amines is 1. The van der Waals surface area contributed by atoms with Gasteiger partial charge >= 0.3 is 0 Å². The van der Waals surface area contributed by atoms with Gasteiger partial charge in [0.25, 0.3) is 11.8 Å². The summed E-state index contributed by atoms with van der Waals surface area (Å²) in [5.74, 6) is 0.974. The average molecular weight is 381 g/mol. The molecule has 0 atom stereocenters. The molecular weight excluding hydrogens is 354 g/mol. The molecule has 0 aliphatic carbocycles. The van der Waals surface area contributed by atoms with Gasteiger partial charge in [-0.2, -0.15) is 0 Å². The molecule has 28 heavy (non-hydrogen) atoms. The molecule has 1 N–H and O–H groups in total. The third-order valence-electron chi connectivity index (χ3n) is 5.71. The SMILES string of the molecule is Cc1[nH]ccc1C(=O)N1CCC(Oc2ccc(C(=O)N3CCCC3)cc2)CC1. The lowest BCUT2D eigenvalue weighted by molar-refractivity contribution is 0.0595. The van der Waals surface area contributed by atoms with E-state index < -0.39 is 0 Å². The van der Waals surface area contributed by atoms with Crippen LogP contribution in [0.25, 0.3) is 0 Å². The topological polar surface area (TPSA) is 65.6 Å². The van der Waals surface area contributed by atoms with Crippen LogP contribution in [-0.4, -0.2) is 58.9 Å². The standard InChI is InChI=1S/C22H27N3O3/c1-16-20(8-11-23-16)22(27)25-14-9-19(10-15-25)28-18-6-4-17(5-7-18)21(26)24-12-2-3-13-24/h4-8,11,19,23H,2-3,9-10,12-15H2,1H3. The fourth-order valence-electron chi connectivity index (χ4n) is 4.00. The minimum absolute atomic E-state index is 0.0852. The van der Waals surface area contributed by atoms with Gasteiger partial charge in [-0.15, -0.1) is 0 Å². The van der Waals surface area contributed by atoms with Crippen LogP contribution >= 0.6 is 0 Å². The Morgan fingerprint density at radius 3 is 2.18 bits per heavy atom. The Hall–Kier alpha value is -2.76. The van der Waals surface area contributed by atoms with E-state index in [0.717, 1.165) is 61.3 Å². The van der Waals surface area contributed by atoms with E-state index >= 15 is 0 Å². The molecule has 6 heteroatoms. The third kappa shape index (κ3) is 3.91. The van der Waals surface area contributed by atoms with E-state index in [0.29, 0.717) is 13.1 Å². The highest BCUT2D eigenvalue weighted by molar-refractivity contribution is 5.95. The van der Waals surface area contributed by atoms with Crippen LogP contribution in [-0.2, 0) is 0 Å². The van der Waals surface area contributed by atoms with Crippen molar-refractivity contribution in [1.82, 2.24) is 14.8 Å². The highest BCUT2D eigenvalue weighted by Gasteiger charge is 2.26. The molecule has 0 saturated carbocycles. The zero-order valence-electron chi connectivity index (χ0n) is 16.3. The number of amides is 2. The van der Waals surface area contributed by atoms with E-state index in [1.54, 1.807) is 6.20 Å². The lowest BCUT2D eigenvalue weighted by Crippen LogP contribution is -2.41. The van der Waals surface area contributed by atoms with Crippen molar-refractivity contribution in [3.05, 3.63) is 53.3 Å². The van der Waals surface area contributed by atoms with Crippen molar-refractivity contribution in [3.8, 4) is 5.75 Å². The summed E-state index contributed by atoms with van der Waals surface area (Å²) >= 11 is 0. The van der Waals surface area contributed by atoms with Crippen molar-refractivity contribution in [2.75, 3.05) is 26.2 Å². The molecule has 2 amide bonds. The first-order valence-corrected chi connectivity index (χ1v) is 10.1. The Morgan fingerprint density at radius 2 is 1.57 bits per heavy atom. The minimum atomic E-state index is 0.0852. The number of hydrogen-bond acceptors (Lipinski definition) is 3. The summed E-state index contributed by atoms with van der Waals surface area (Å²) in [6, 6.07) is 9.30. The number of H-pyrrole nitrogens is 1. The van der Waals surface area contributed by atoms with Crippen molar-refractivity contribution in [2.24, 2.45) is 0 Å². The molecule has 2 aliphatic heterocycles. The lowest BCUT2D eigenvalue weighted by Gasteiger charge is -2.32. The summed E-state index contributed by atoms with van der Waals surface area (Å²) in [4.78, 5) is 31.9. The van der Waals surface area contributed by atoms with Crippen LogP contribution < -0.4 is 4.74 Å². The molecule has 2 aliphatic rings. The number of carbonyl (C=O) groups excluding carboxylic acids is 2. The van der Waals surface area contributed by atoms with Gasteiger partial charge < -0.3 is 19.5 Å². The summed E-state index contributed by atoms with van der Waals surface area (Å²) in [6.07, 6.45) is 5.70. The van der Waals surface area contributed by atoms with E-state index in [-0.39, 0.29) is 17.9 Å². The van der Waals surface area contributed by atoms with Crippen LogP contribution in [0.4, 0.5) is 0 Å². The molecule has 1 aromatic carbocycles. The normalized spacial score (nSPS) is 17.8. The molecular formula is C22H27N3O3. The number of nitrogens with zero attached hydrogens (tertiary/aromatic N) is 2. The highest BCUT2D eigenvalue weighted by atomic mass is 16.5. The van der Waals surface area contributed by atoms with Gasteiger partial charge in [0.05, 0.1) is 5.56 Å². The highest BCUT2D eigenvalue weighted by Crippen LogP contribution is 2.22. The first kappa shape index (κ1) is 18.6. The number of aromatic nitrogens is 1. The number of likely N-dealkylation sites (tertiary alicyclic amines) is 2. The Kier molecular flexibility index (Phi) is 5.37. The van der Waals surface area contributed by atoms with E-state index in [4.69, 9.17) is 4.74 Å². The van der Waals surface area contributed by atoms with Crippen molar-refractivity contribution >= 4 is 11.8 Å². The number of nitrogens with one attached hydrogen (secondary N) is 1. The molecule has 148 valence electrons. The molecule has 0 bridgehead atoms. The summed E-state index contributed by atoms with van der Waals surface area (Å²) in [6.45, 7) is 5.02. The van der Waals surface area contributed by atoms with Gasteiger partial charge in [-0.3, -0.25) is 9.59 Å². The molecule has 3 heterocycles. The maximum atomic E-state index is 12.6. The zero-order chi connectivity index (χ0) is 19.5. The summed E-state index contributed by atoms with van der Waals surface area (Å²) < 4.78 is 6.09. The Morgan fingerprint density at radius 1 is 0.929 bits per heavy atom. The van der Waals surface area contributed by atoms with E-state index in [2.05, 4.69) is 4.98 Å². The van der Waals surface area contributed by atoms with Crippen molar-refractivity contribution in [1.29, 1.82) is 0 Å². The van der Waals surface area contributed by atoms with Gasteiger partial charge in [0.2, 0.25) is 0 Å². The van der Waals surface area contributed by atoms with E-state index in [1.165, 1.54) is 0 Å². The fraction of sp³-hybridized carbons (Fsp3) is 0.455. The first-order chi connectivity index (χ1) is 13.6. The number of piperidine rings is 1. The van der Waals surface area contributed by atoms with Crippen LogP contribution in [0.3, 0.4) is 0 Å². The van der Waals surface area contributed by atoms with Crippen LogP contribution in [0.2, 0.25) is 0 Å². The Balaban J connectivity index is 1.29. The first-order valence-electron chi connectivity index (χ1n) is 10.1. The number of ether oxygens (including phenoxy) is 1. The molecule has 6 nitrogen and oxygen atoms in total. The minimum Gasteiger partial charge on any atom is -0.490 e. The lowest BCUT2D eigenvalue weighted by atomic mass is 10.1. The molecule has 0 unspecified atom stereocenters. The monoisotopic (exact) mass is 381 g/mol. The van der Waals surface area contributed by atoms with Crippen molar-refractivity contribution in [2.45, 2.75) is 38.7 Å². The van der Waals surface area contributed by atoms with Gasteiger partial charge in [-0.1, -0.05) is 0 Å². The maximum absolute atomic E-state index is 12.6. The Bertz CT molecular complexity index is 829. The number of hydrogen-bond donors (Lipinski definition) is 1. The molecule has 2 fully saturated rings. The predicted molar refractivity (Wildman–Crippen MR) is 107 cm³/mol. The second-order valence-corrected chi connectivity index (χ2v) is 7.65. The maximum Gasteiger partial charge on any atom is 0.255 e. The van der Waals surface area contributed by atoms with Gasteiger partial charge in [0.15, 0.2) is 0 Å². The van der Waals surface area contributed by atoms with Crippen LogP contribution in [0.1, 0.15) is 52.1 Å². The third-order valence-corrected chi connectivity index (χ3v) is 5.71. The van der Waals surface area contributed by atoms with Crippen LogP contribution in [0.15, 0.2) is 36.5 Å². The molecule has 0 radical (unpaired) electrons. The summed E-state index contributed by atoms with van der Waals surface area (Å²) in [7, 11) is 0. The zero-order valence-corrected chi connectivity index (χ0v) is 16.3. The average Bonchev–Trinajstić information content (AvgIpc) is 3.40. The molecule has 4 rings (SSSR count). The van der Waals surface area contributed by atoms with Gasteiger partial charge in [0, 0.05) is 56.5 Å².